The van der Waals surface area contributed by atoms with Crippen LogP contribution in [-0.2, 0) is 9.59 Å². The van der Waals surface area contributed by atoms with Crippen molar-refractivity contribution < 1.29 is 19.4 Å². The molecule has 132 valence electrons. The van der Waals surface area contributed by atoms with Gasteiger partial charge in [-0.05, 0) is 59.5 Å². The van der Waals surface area contributed by atoms with Crippen molar-refractivity contribution in [2.24, 2.45) is 0 Å². The molecule has 0 saturated carbocycles. The van der Waals surface area contributed by atoms with Gasteiger partial charge >= 0.3 is 5.97 Å². The van der Waals surface area contributed by atoms with E-state index < -0.39 is 12.1 Å². The van der Waals surface area contributed by atoms with Crippen LogP contribution in [0.4, 0.5) is 5.69 Å². The number of rotatable bonds is 6. The van der Waals surface area contributed by atoms with E-state index in [9.17, 15) is 9.59 Å². The summed E-state index contributed by atoms with van der Waals surface area (Å²) in [6, 6.07) is 7.40. The molecule has 2 atom stereocenters. The van der Waals surface area contributed by atoms with Gasteiger partial charge in [-0.3, -0.25) is 9.69 Å². The van der Waals surface area contributed by atoms with Gasteiger partial charge in [0, 0.05) is 5.69 Å². The molecule has 1 saturated heterocycles. The van der Waals surface area contributed by atoms with E-state index in [1.54, 1.807) is 42.2 Å². The molecule has 1 fully saturated rings. The molecule has 1 aliphatic rings. The van der Waals surface area contributed by atoms with Gasteiger partial charge < -0.3 is 9.84 Å². The Kier molecular flexibility index (Phi) is 5.34. The molecule has 1 aliphatic heterocycles. The van der Waals surface area contributed by atoms with Crippen LogP contribution in [0.15, 0.2) is 35.0 Å². The number of carboxylic acid groups (broad SMARTS) is 1. The minimum absolute atomic E-state index is 0.0216. The number of aliphatic carboxylic acids is 1. The van der Waals surface area contributed by atoms with Gasteiger partial charge in [0.05, 0.1) is 5.75 Å². The smallest absolute Gasteiger partial charge is 0.344 e. The minimum atomic E-state index is -0.979. The lowest BCUT2D eigenvalue weighted by Crippen LogP contribution is -2.28. The molecular weight excluding hydrogens is 358 g/mol. The predicted molar refractivity (Wildman–Crippen MR) is 101 cm³/mol. The Morgan fingerprint density at radius 2 is 2.24 bits per heavy atom. The van der Waals surface area contributed by atoms with Crippen LogP contribution in [0.2, 0.25) is 0 Å². The number of anilines is 1. The molecule has 1 aromatic carbocycles. The number of ether oxygens (including phenoxy) is 1. The number of carboxylic acids is 1. The summed E-state index contributed by atoms with van der Waals surface area (Å²) in [5.41, 5.74) is 2.84. The van der Waals surface area contributed by atoms with Gasteiger partial charge in [0.25, 0.3) is 0 Å². The zero-order chi connectivity index (χ0) is 18.0. The number of hydrogen-bond donors (Lipinski definition) is 1. The van der Waals surface area contributed by atoms with Crippen molar-refractivity contribution >= 4 is 40.7 Å². The molecule has 1 N–H and O–H groups in total. The van der Waals surface area contributed by atoms with Crippen molar-refractivity contribution in [2.45, 2.75) is 31.7 Å². The number of amides is 1. The Morgan fingerprint density at radius 1 is 1.44 bits per heavy atom. The van der Waals surface area contributed by atoms with E-state index in [4.69, 9.17) is 9.84 Å². The number of carbonyl (C=O) groups excluding carboxylic acids is 1. The van der Waals surface area contributed by atoms with Crippen LogP contribution in [-0.4, -0.2) is 28.8 Å². The second kappa shape index (κ2) is 7.49. The third-order valence-electron chi connectivity index (χ3n) is 4.05. The first-order valence-corrected chi connectivity index (χ1v) is 9.96. The van der Waals surface area contributed by atoms with Gasteiger partial charge in [0.15, 0.2) is 6.10 Å². The lowest BCUT2D eigenvalue weighted by Gasteiger charge is -2.25. The Balaban J connectivity index is 1.87. The maximum Gasteiger partial charge on any atom is 0.344 e. The molecule has 5 nitrogen and oxygen atoms in total. The number of thioether (sulfide) groups is 1. The maximum absolute atomic E-state index is 12.4. The summed E-state index contributed by atoms with van der Waals surface area (Å²) in [4.78, 5) is 25.4. The molecule has 0 bridgehead atoms. The van der Waals surface area contributed by atoms with Gasteiger partial charge in [-0.1, -0.05) is 6.92 Å². The molecule has 0 spiro atoms. The fourth-order valence-electron chi connectivity index (χ4n) is 2.79. The third kappa shape index (κ3) is 3.67. The standard InChI is InChI=1S/C18H19NO4S2/c1-3-15(18(21)22)23-13-4-5-14(11(2)8-13)19-16(20)10-25-17(19)12-6-7-24-9-12/h4-9,15,17H,3,10H2,1-2H3,(H,21,22). The first-order chi connectivity index (χ1) is 12.0. The fraction of sp³-hybridized carbons (Fsp3) is 0.333. The molecule has 1 amide bonds. The summed E-state index contributed by atoms with van der Waals surface area (Å²) >= 11 is 3.23. The Morgan fingerprint density at radius 3 is 2.84 bits per heavy atom. The highest BCUT2D eigenvalue weighted by molar-refractivity contribution is 8.00. The molecule has 3 rings (SSSR count). The second-order valence-corrected chi connectivity index (χ2v) is 7.63. The van der Waals surface area contributed by atoms with E-state index in [0.717, 1.165) is 16.8 Å². The molecule has 0 aliphatic carbocycles. The molecule has 2 aromatic rings. The first kappa shape index (κ1) is 17.8. The summed E-state index contributed by atoms with van der Waals surface area (Å²) in [7, 11) is 0. The summed E-state index contributed by atoms with van der Waals surface area (Å²) in [6.45, 7) is 3.68. The number of thiophene rings is 1. The SMILES string of the molecule is CCC(Oc1ccc(N2C(=O)CSC2c2ccsc2)c(C)c1)C(=O)O. The molecule has 0 radical (unpaired) electrons. The van der Waals surface area contributed by atoms with Crippen molar-refractivity contribution in [2.75, 3.05) is 10.7 Å². The van der Waals surface area contributed by atoms with Crippen LogP contribution in [0.3, 0.4) is 0 Å². The van der Waals surface area contributed by atoms with Crippen LogP contribution in [0.25, 0.3) is 0 Å². The van der Waals surface area contributed by atoms with Crippen LogP contribution < -0.4 is 9.64 Å². The third-order valence-corrected chi connectivity index (χ3v) is 5.96. The number of hydrogen-bond acceptors (Lipinski definition) is 5. The van der Waals surface area contributed by atoms with E-state index >= 15 is 0 Å². The molecular formula is C18H19NO4S2. The number of benzene rings is 1. The highest BCUT2D eigenvalue weighted by atomic mass is 32.2. The highest BCUT2D eigenvalue weighted by Crippen LogP contribution is 2.43. The van der Waals surface area contributed by atoms with Gasteiger partial charge in [0.1, 0.15) is 11.1 Å². The first-order valence-electron chi connectivity index (χ1n) is 7.97. The fourth-order valence-corrected chi connectivity index (χ4v) is 4.71. The van der Waals surface area contributed by atoms with Crippen molar-refractivity contribution in [1.82, 2.24) is 0 Å². The molecule has 25 heavy (non-hydrogen) atoms. The quantitative estimate of drug-likeness (QED) is 0.822. The second-order valence-electron chi connectivity index (χ2n) is 5.79. The molecule has 2 unspecified atom stereocenters. The Labute approximate surface area is 154 Å². The van der Waals surface area contributed by atoms with Crippen LogP contribution >= 0.6 is 23.1 Å². The molecule has 2 heterocycles. The van der Waals surface area contributed by atoms with Crippen LogP contribution in [0.5, 0.6) is 5.75 Å². The van der Waals surface area contributed by atoms with Crippen molar-refractivity contribution in [1.29, 1.82) is 0 Å². The largest absolute Gasteiger partial charge is 0.479 e. The summed E-state index contributed by atoms with van der Waals surface area (Å²) in [5, 5.41) is 13.2. The Bertz CT molecular complexity index is 775. The van der Waals surface area contributed by atoms with Gasteiger partial charge in [-0.2, -0.15) is 11.3 Å². The zero-order valence-corrected chi connectivity index (χ0v) is 15.6. The van der Waals surface area contributed by atoms with E-state index in [1.807, 2.05) is 29.3 Å². The minimum Gasteiger partial charge on any atom is -0.479 e. The van der Waals surface area contributed by atoms with Gasteiger partial charge in [0.2, 0.25) is 5.91 Å². The number of nitrogens with zero attached hydrogens (tertiary/aromatic N) is 1. The molecule has 7 heteroatoms. The van der Waals surface area contributed by atoms with E-state index in [0.29, 0.717) is 17.9 Å². The predicted octanol–water partition coefficient (Wildman–Crippen LogP) is 4.08. The van der Waals surface area contributed by atoms with Gasteiger partial charge in [-0.15, -0.1) is 11.8 Å². The van der Waals surface area contributed by atoms with E-state index in [1.165, 1.54) is 0 Å². The highest BCUT2D eigenvalue weighted by Gasteiger charge is 2.35. The summed E-state index contributed by atoms with van der Waals surface area (Å²) < 4.78 is 5.54. The summed E-state index contributed by atoms with van der Waals surface area (Å²) in [6.07, 6.45) is -0.481. The van der Waals surface area contributed by atoms with E-state index in [2.05, 4.69) is 5.38 Å². The van der Waals surface area contributed by atoms with Crippen LogP contribution in [0, 0.1) is 6.92 Å². The van der Waals surface area contributed by atoms with E-state index in [-0.39, 0.29) is 11.3 Å². The maximum atomic E-state index is 12.4. The Hall–Kier alpha value is -1.99. The molecule has 1 aromatic heterocycles. The normalized spacial score (nSPS) is 18.4. The van der Waals surface area contributed by atoms with Gasteiger partial charge in [-0.25, -0.2) is 4.79 Å². The monoisotopic (exact) mass is 377 g/mol. The number of aryl methyl sites for hydroxylation is 1. The lowest BCUT2D eigenvalue weighted by molar-refractivity contribution is -0.145. The van der Waals surface area contributed by atoms with Crippen molar-refractivity contribution in [3.8, 4) is 5.75 Å². The number of carbonyl (C=O) groups is 2. The topological polar surface area (TPSA) is 66.8 Å². The zero-order valence-electron chi connectivity index (χ0n) is 14.0. The average Bonchev–Trinajstić information content (AvgIpc) is 3.22. The van der Waals surface area contributed by atoms with Crippen molar-refractivity contribution in [3.05, 3.63) is 46.2 Å². The summed E-state index contributed by atoms with van der Waals surface area (Å²) in [5.74, 6) is 0.0551. The van der Waals surface area contributed by atoms with Crippen molar-refractivity contribution in [3.63, 3.8) is 0 Å². The van der Waals surface area contributed by atoms with Crippen LogP contribution in [0.1, 0.15) is 29.8 Å². The lowest BCUT2D eigenvalue weighted by atomic mass is 10.1. The average molecular weight is 377 g/mol.